The standard InChI is InChI=1S/C20H30N2O5/c1-6-14(3)22(15(4)7-2)18(23)13-27-19(24)12-21-20(25)16-8-10-17(26-5)11-9-16/h8-11,14-15H,6-7,12-13H2,1-5H3,(H,21,25)/t14-,15+. The minimum Gasteiger partial charge on any atom is -0.497 e. The monoisotopic (exact) mass is 378 g/mol. The van der Waals surface area contributed by atoms with Crippen molar-refractivity contribution in [2.75, 3.05) is 20.3 Å². The van der Waals surface area contributed by atoms with Gasteiger partial charge in [0.1, 0.15) is 12.3 Å². The summed E-state index contributed by atoms with van der Waals surface area (Å²) in [4.78, 5) is 38.0. The molecule has 0 spiro atoms. The number of ether oxygens (including phenoxy) is 2. The highest BCUT2D eigenvalue weighted by atomic mass is 16.5. The van der Waals surface area contributed by atoms with Gasteiger partial charge in [0, 0.05) is 17.6 Å². The molecule has 0 fully saturated rings. The van der Waals surface area contributed by atoms with Crippen LogP contribution in [-0.4, -0.2) is 55.0 Å². The Morgan fingerprint density at radius 1 is 1.04 bits per heavy atom. The lowest BCUT2D eigenvalue weighted by Crippen LogP contribution is -2.46. The number of amides is 2. The Balaban J connectivity index is 2.49. The summed E-state index contributed by atoms with van der Waals surface area (Å²) >= 11 is 0. The molecule has 0 radical (unpaired) electrons. The second kappa shape index (κ2) is 11.2. The third-order valence-corrected chi connectivity index (χ3v) is 4.52. The van der Waals surface area contributed by atoms with Crippen LogP contribution < -0.4 is 10.1 Å². The van der Waals surface area contributed by atoms with Crippen LogP contribution in [0.4, 0.5) is 0 Å². The lowest BCUT2D eigenvalue weighted by atomic mass is 10.1. The van der Waals surface area contributed by atoms with E-state index in [2.05, 4.69) is 5.32 Å². The van der Waals surface area contributed by atoms with Crippen LogP contribution in [0.2, 0.25) is 0 Å². The number of hydrogen-bond acceptors (Lipinski definition) is 5. The fourth-order valence-corrected chi connectivity index (χ4v) is 2.58. The molecular formula is C20H30N2O5. The number of nitrogens with one attached hydrogen (secondary N) is 1. The van der Waals surface area contributed by atoms with Crippen molar-refractivity contribution in [3.63, 3.8) is 0 Å². The number of esters is 1. The normalized spacial score (nSPS) is 12.6. The van der Waals surface area contributed by atoms with Crippen LogP contribution in [0.1, 0.15) is 50.9 Å². The molecule has 2 amide bonds. The maximum atomic E-state index is 12.4. The molecule has 0 saturated carbocycles. The average Bonchev–Trinajstić information content (AvgIpc) is 2.70. The van der Waals surface area contributed by atoms with Crippen molar-refractivity contribution in [3.05, 3.63) is 29.8 Å². The fourth-order valence-electron chi connectivity index (χ4n) is 2.58. The SMILES string of the molecule is CC[C@@H](C)N(C(=O)COC(=O)CNC(=O)c1ccc(OC)cc1)[C@@H](C)CC. The fraction of sp³-hybridized carbons (Fsp3) is 0.550. The zero-order chi connectivity index (χ0) is 20.4. The Morgan fingerprint density at radius 2 is 1.59 bits per heavy atom. The molecule has 0 unspecified atom stereocenters. The van der Waals surface area contributed by atoms with Gasteiger partial charge in [-0.3, -0.25) is 14.4 Å². The Bertz CT molecular complexity index is 620. The van der Waals surface area contributed by atoms with E-state index in [1.54, 1.807) is 29.2 Å². The van der Waals surface area contributed by atoms with Gasteiger partial charge in [-0.05, 0) is 51.0 Å². The third-order valence-electron chi connectivity index (χ3n) is 4.52. The van der Waals surface area contributed by atoms with E-state index in [4.69, 9.17) is 9.47 Å². The first-order chi connectivity index (χ1) is 12.8. The molecule has 1 rings (SSSR count). The summed E-state index contributed by atoms with van der Waals surface area (Å²) in [5.74, 6) is -0.648. The van der Waals surface area contributed by atoms with Gasteiger partial charge in [-0.1, -0.05) is 13.8 Å². The van der Waals surface area contributed by atoms with Gasteiger partial charge < -0.3 is 19.7 Å². The second-order valence-electron chi connectivity index (χ2n) is 6.39. The number of hydrogen-bond donors (Lipinski definition) is 1. The summed E-state index contributed by atoms with van der Waals surface area (Å²) in [6, 6.07) is 6.65. The van der Waals surface area contributed by atoms with Gasteiger partial charge in [-0.15, -0.1) is 0 Å². The molecule has 27 heavy (non-hydrogen) atoms. The molecule has 0 aliphatic carbocycles. The number of methoxy groups -OCH3 is 1. The molecule has 1 aromatic carbocycles. The highest BCUT2D eigenvalue weighted by Crippen LogP contribution is 2.12. The zero-order valence-electron chi connectivity index (χ0n) is 16.8. The number of carbonyl (C=O) groups is 3. The van der Waals surface area contributed by atoms with E-state index in [1.807, 2.05) is 27.7 Å². The van der Waals surface area contributed by atoms with Crippen molar-refractivity contribution < 1.29 is 23.9 Å². The lowest BCUT2D eigenvalue weighted by molar-refractivity contribution is -0.153. The van der Waals surface area contributed by atoms with Crippen LogP contribution in [0.25, 0.3) is 0 Å². The lowest BCUT2D eigenvalue weighted by Gasteiger charge is -2.33. The van der Waals surface area contributed by atoms with Crippen LogP contribution in [0, 0.1) is 0 Å². The highest BCUT2D eigenvalue weighted by Gasteiger charge is 2.24. The summed E-state index contributed by atoms with van der Waals surface area (Å²) in [5, 5.41) is 2.48. The Hall–Kier alpha value is -2.57. The van der Waals surface area contributed by atoms with Crippen LogP contribution in [0.15, 0.2) is 24.3 Å². The topological polar surface area (TPSA) is 84.9 Å². The first-order valence-corrected chi connectivity index (χ1v) is 9.22. The minimum absolute atomic E-state index is 0.0703. The van der Waals surface area contributed by atoms with E-state index in [0.29, 0.717) is 11.3 Å². The number of carbonyl (C=O) groups excluding carboxylic acids is 3. The molecule has 0 heterocycles. The van der Waals surface area contributed by atoms with E-state index in [0.717, 1.165) is 12.8 Å². The largest absolute Gasteiger partial charge is 0.497 e. The molecule has 150 valence electrons. The summed E-state index contributed by atoms with van der Waals surface area (Å²) in [7, 11) is 1.54. The zero-order valence-corrected chi connectivity index (χ0v) is 16.8. The molecule has 0 aliphatic heterocycles. The third kappa shape index (κ3) is 6.92. The van der Waals surface area contributed by atoms with Crippen LogP contribution in [0.3, 0.4) is 0 Å². The molecule has 0 aromatic heterocycles. The van der Waals surface area contributed by atoms with Gasteiger partial charge in [0.05, 0.1) is 7.11 Å². The molecule has 0 saturated heterocycles. The van der Waals surface area contributed by atoms with Gasteiger partial charge in [-0.25, -0.2) is 0 Å². The van der Waals surface area contributed by atoms with Crippen molar-refractivity contribution in [2.24, 2.45) is 0 Å². The smallest absolute Gasteiger partial charge is 0.325 e. The Kier molecular flexibility index (Phi) is 9.33. The van der Waals surface area contributed by atoms with Crippen LogP contribution >= 0.6 is 0 Å². The molecule has 2 atom stereocenters. The van der Waals surface area contributed by atoms with Crippen molar-refractivity contribution in [1.29, 1.82) is 0 Å². The minimum atomic E-state index is -0.654. The summed E-state index contributed by atoms with van der Waals surface area (Å²) in [6.07, 6.45) is 1.64. The van der Waals surface area contributed by atoms with Crippen LogP contribution in [-0.2, 0) is 14.3 Å². The molecule has 0 aliphatic rings. The second-order valence-corrected chi connectivity index (χ2v) is 6.39. The molecule has 1 N–H and O–H groups in total. The van der Waals surface area contributed by atoms with E-state index < -0.39 is 11.9 Å². The van der Waals surface area contributed by atoms with Gasteiger partial charge in [0.15, 0.2) is 6.61 Å². The molecule has 1 aromatic rings. The van der Waals surface area contributed by atoms with E-state index in [1.165, 1.54) is 7.11 Å². The predicted molar refractivity (Wildman–Crippen MR) is 103 cm³/mol. The van der Waals surface area contributed by atoms with Crippen molar-refractivity contribution in [1.82, 2.24) is 10.2 Å². The summed E-state index contributed by atoms with van der Waals surface area (Å²) < 4.78 is 10.1. The predicted octanol–water partition coefficient (Wildman–Crippen LogP) is 2.39. The maximum Gasteiger partial charge on any atom is 0.325 e. The van der Waals surface area contributed by atoms with E-state index >= 15 is 0 Å². The van der Waals surface area contributed by atoms with E-state index in [-0.39, 0.29) is 31.1 Å². The Labute approximate surface area is 161 Å². The summed E-state index contributed by atoms with van der Waals surface area (Å²) in [5.41, 5.74) is 0.402. The summed E-state index contributed by atoms with van der Waals surface area (Å²) in [6.45, 7) is 7.33. The first kappa shape index (κ1) is 22.5. The average molecular weight is 378 g/mol. The van der Waals surface area contributed by atoms with E-state index in [9.17, 15) is 14.4 Å². The Morgan fingerprint density at radius 3 is 2.07 bits per heavy atom. The van der Waals surface area contributed by atoms with Gasteiger partial charge in [0.25, 0.3) is 11.8 Å². The van der Waals surface area contributed by atoms with Crippen molar-refractivity contribution in [2.45, 2.75) is 52.6 Å². The number of benzene rings is 1. The van der Waals surface area contributed by atoms with Crippen molar-refractivity contribution in [3.8, 4) is 5.75 Å². The highest BCUT2D eigenvalue weighted by molar-refractivity contribution is 5.96. The number of nitrogens with zero attached hydrogens (tertiary/aromatic N) is 1. The molecule has 0 bridgehead atoms. The molecule has 7 nitrogen and oxygen atoms in total. The number of rotatable bonds is 10. The van der Waals surface area contributed by atoms with Gasteiger partial charge >= 0.3 is 5.97 Å². The van der Waals surface area contributed by atoms with Gasteiger partial charge in [0.2, 0.25) is 0 Å². The van der Waals surface area contributed by atoms with Crippen molar-refractivity contribution >= 4 is 17.8 Å². The van der Waals surface area contributed by atoms with Gasteiger partial charge in [-0.2, -0.15) is 0 Å². The maximum absolute atomic E-state index is 12.4. The quantitative estimate of drug-likeness (QED) is 0.632. The molecule has 7 heteroatoms. The first-order valence-electron chi connectivity index (χ1n) is 9.22. The van der Waals surface area contributed by atoms with Crippen LogP contribution in [0.5, 0.6) is 5.75 Å². The molecular weight excluding hydrogens is 348 g/mol.